The highest BCUT2D eigenvalue weighted by Crippen LogP contribution is 2.30. The Morgan fingerprint density at radius 1 is 0.841 bits per heavy atom. The second-order valence-electron chi connectivity index (χ2n) is 13.3. The highest BCUT2D eigenvalue weighted by molar-refractivity contribution is 6.00. The average molecular weight is 608 g/mol. The van der Waals surface area contributed by atoms with Crippen molar-refractivity contribution in [3.8, 4) is 0 Å². The highest BCUT2D eigenvalue weighted by Gasteiger charge is 2.38. The molecule has 0 aromatic heterocycles. The molecular formula is C37H57N3O4. The maximum Gasteiger partial charge on any atom is 0.408 e. The molecule has 244 valence electrons. The van der Waals surface area contributed by atoms with Crippen molar-refractivity contribution >= 4 is 23.6 Å². The summed E-state index contributed by atoms with van der Waals surface area (Å²) in [6.45, 7) is 19.9. The third-order valence-electron chi connectivity index (χ3n) is 8.32. The fraction of sp³-hybridized carbons (Fsp3) is 0.595. The summed E-state index contributed by atoms with van der Waals surface area (Å²) in [5.41, 5.74) is 4.86. The predicted molar refractivity (Wildman–Crippen MR) is 181 cm³/mol. The summed E-state index contributed by atoms with van der Waals surface area (Å²) in [6.07, 6.45) is 6.30. The molecule has 0 radical (unpaired) electrons. The van der Waals surface area contributed by atoms with Crippen LogP contribution in [0, 0.1) is 33.6 Å². The van der Waals surface area contributed by atoms with Crippen LogP contribution in [0.1, 0.15) is 120 Å². The Labute approximate surface area is 266 Å². The number of benzene rings is 2. The van der Waals surface area contributed by atoms with E-state index >= 15 is 0 Å². The molecule has 0 saturated carbocycles. The van der Waals surface area contributed by atoms with Gasteiger partial charge in [0.1, 0.15) is 17.7 Å². The first-order valence-electron chi connectivity index (χ1n) is 16.4. The molecule has 0 heterocycles. The van der Waals surface area contributed by atoms with E-state index in [1.807, 2.05) is 77.9 Å². The van der Waals surface area contributed by atoms with Crippen LogP contribution in [0.3, 0.4) is 0 Å². The average Bonchev–Trinajstić information content (AvgIpc) is 2.95. The predicted octanol–water partition coefficient (Wildman–Crippen LogP) is 8.73. The van der Waals surface area contributed by atoms with Gasteiger partial charge in [-0.1, -0.05) is 95.7 Å². The lowest BCUT2D eigenvalue weighted by molar-refractivity contribution is -0.142. The zero-order valence-electron chi connectivity index (χ0n) is 28.9. The summed E-state index contributed by atoms with van der Waals surface area (Å²) >= 11 is 0. The van der Waals surface area contributed by atoms with Crippen molar-refractivity contribution in [3.63, 3.8) is 0 Å². The normalized spacial score (nSPS) is 13.5. The van der Waals surface area contributed by atoms with E-state index in [1.165, 1.54) is 6.42 Å². The van der Waals surface area contributed by atoms with Gasteiger partial charge in [-0.3, -0.25) is 9.59 Å². The number of amides is 3. The molecule has 2 rings (SSSR count). The molecule has 0 aliphatic rings. The third kappa shape index (κ3) is 11.0. The number of rotatable bonds is 15. The molecule has 0 fully saturated rings. The number of unbranched alkanes of at least 4 members (excludes halogenated alkanes) is 5. The van der Waals surface area contributed by atoms with Crippen LogP contribution in [-0.4, -0.2) is 41.0 Å². The number of alkyl carbamates (subject to hydrolysis) is 1. The fourth-order valence-corrected chi connectivity index (χ4v) is 5.34. The molecule has 0 saturated heterocycles. The number of anilines is 1. The molecule has 3 atom stereocenters. The van der Waals surface area contributed by atoms with Gasteiger partial charge in [0.2, 0.25) is 5.91 Å². The van der Waals surface area contributed by atoms with Gasteiger partial charge in [-0.05, 0) is 88.6 Å². The molecule has 3 amide bonds. The van der Waals surface area contributed by atoms with Gasteiger partial charge in [0.15, 0.2) is 0 Å². The lowest BCUT2D eigenvalue weighted by Crippen LogP contribution is -2.55. The van der Waals surface area contributed by atoms with Crippen LogP contribution in [-0.2, 0) is 14.3 Å². The van der Waals surface area contributed by atoms with Gasteiger partial charge in [-0.15, -0.1) is 0 Å². The van der Waals surface area contributed by atoms with Crippen LogP contribution in [0.15, 0.2) is 36.4 Å². The van der Waals surface area contributed by atoms with Gasteiger partial charge in [0.05, 0.1) is 0 Å². The number of para-hydroxylation sites is 1. The van der Waals surface area contributed by atoms with Crippen molar-refractivity contribution in [2.75, 3.05) is 11.9 Å². The lowest BCUT2D eigenvalue weighted by atomic mass is 9.94. The van der Waals surface area contributed by atoms with Crippen LogP contribution < -0.4 is 10.6 Å². The molecule has 0 aliphatic carbocycles. The van der Waals surface area contributed by atoms with Gasteiger partial charge >= 0.3 is 6.09 Å². The second-order valence-corrected chi connectivity index (χ2v) is 13.3. The van der Waals surface area contributed by atoms with Crippen molar-refractivity contribution in [2.45, 2.75) is 132 Å². The Balaban J connectivity index is 2.61. The van der Waals surface area contributed by atoms with Crippen molar-refractivity contribution in [1.29, 1.82) is 0 Å². The Hall–Kier alpha value is -3.35. The molecular weight excluding hydrogens is 550 g/mol. The van der Waals surface area contributed by atoms with Gasteiger partial charge in [-0.25, -0.2) is 4.79 Å². The summed E-state index contributed by atoms with van der Waals surface area (Å²) in [7, 11) is 0. The first kappa shape index (κ1) is 36.8. The van der Waals surface area contributed by atoms with Crippen LogP contribution in [0.4, 0.5) is 10.5 Å². The van der Waals surface area contributed by atoms with Gasteiger partial charge in [-0.2, -0.15) is 0 Å². The molecule has 3 unspecified atom stereocenters. The summed E-state index contributed by atoms with van der Waals surface area (Å²) < 4.78 is 5.56. The first-order valence-corrected chi connectivity index (χ1v) is 16.4. The number of carbonyl (C=O) groups is 3. The Bertz CT molecular complexity index is 1230. The number of carbonyl (C=O) groups excluding carboxylic acids is 3. The summed E-state index contributed by atoms with van der Waals surface area (Å²) in [5, 5.41) is 6.05. The van der Waals surface area contributed by atoms with Crippen molar-refractivity contribution in [1.82, 2.24) is 10.2 Å². The van der Waals surface area contributed by atoms with E-state index in [9.17, 15) is 14.4 Å². The van der Waals surface area contributed by atoms with Crippen LogP contribution in [0.25, 0.3) is 0 Å². The van der Waals surface area contributed by atoms with Crippen molar-refractivity contribution in [3.05, 3.63) is 64.2 Å². The SMILES string of the molecule is CCCCCCCCN(C(=O)C(NC(=O)OC(C)(C)C)C(C)CC)C(C(=O)Nc1c(C)cccc1C)c1ccc(C)c(C)c1. The highest BCUT2D eigenvalue weighted by atomic mass is 16.6. The Morgan fingerprint density at radius 2 is 1.45 bits per heavy atom. The number of aryl methyl sites for hydroxylation is 4. The van der Waals surface area contributed by atoms with Gasteiger partial charge in [0, 0.05) is 12.2 Å². The molecule has 44 heavy (non-hydrogen) atoms. The van der Waals surface area contributed by atoms with E-state index < -0.39 is 23.8 Å². The largest absolute Gasteiger partial charge is 0.444 e. The van der Waals surface area contributed by atoms with Crippen molar-refractivity contribution < 1.29 is 19.1 Å². The van der Waals surface area contributed by atoms with Crippen LogP contribution >= 0.6 is 0 Å². The molecule has 7 heteroatoms. The second kappa shape index (κ2) is 17.2. The molecule has 2 N–H and O–H groups in total. The zero-order valence-corrected chi connectivity index (χ0v) is 28.9. The van der Waals surface area contributed by atoms with E-state index in [0.29, 0.717) is 13.0 Å². The molecule has 0 spiro atoms. The molecule has 2 aromatic carbocycles. The van der Waals surface area contributed by atoms with Crippen molar-refractivity contribution in [2.24, 2.45) is 5.92 Å². The van der Waals surface area contributed by atoms with E-state index in [0.717, 1.165) is 65.6 Å². The maximum absolute atomic E-state index is 14.6. The van der Waals surface area contributed by atoms with Crippen LogP contribution in [0.2, 0.25) is 0 Å². The minimum Gasteiger partial charge on any atom is -0.444 e. The number of ether oxygens (including phenoxy) is 1. The minimum atomic E-state index is -0.886. The number of nitrogens with zero attached hydrogens (tertiary/aromatic N) is 1. The standard InChI is InChI=1S/C37H57N3O4/c1-11-13-14-15-16-17-23-40(35(42)32(25(3)12-2)39-36(43)44-37(8,9)10)33(30-22-21-26(4)29(7)24-30)34(41)38-31-27(5)19-18-20-28(31)6/h18-22,24-25,32-33H,11-17,23H2,1-10H3,(H,38,41)(H,39,43). The van der Waals surface area contributed by atoms with Crippen LogP contribution in [0.5, 0.6) is 0 Å². The van der Waals surface area contributed by atoms with E-state index in [4.69, 9.17) is 4.74 Å². The monoisotopic (exact) mass is 607 g/mol. The maximum atomic E-state index is 14.6. The zero-order chi connectivity index (χ0) is 33.0. The number of nitrogens with one attached hydrogen (secondary N) is 2. The Kier molecular flexibility index (Phi) is 14.4. The number of hydrogen-bond donors (Lipinski definition) is 2. The quantitative estimate of drug-likeness (QED) is 0.198. The summed E-state index contributed by atoms with van der Waals surface area (Å²) in [5.74, 6) is -0.729. The first-order chi connectivity index (χ1) is 20.7. The number of hydrogen-bond acceptors (Lipinski definition) is 4. The van der Waals surface area contributed by atoms with Gasteiger partial charge in [0.25, 0.3) is 5.91 Å². The molecule has 7 nitrogen and oxygen atoms in total. The van der Waals surface area contributed by atoms with E-state index in [-0.39, 0.29) is 17.7 Å². The van der Waals surface area contributed by atoms with Gasteiger partial charge < -0.3 is 20.3 Å². The van der Waals surface area contributed by atoms with E-state index in [2.05, 4.69) is 17.6 Å². The molecule has 0 bridgehead atoms. The topological polar surface area (TPSA) is 87.7 Å². The summed E-state index contributed by atoms with van der Waals surface area (Å²) in [6, 6.07) is 10.1. The Morgan fingerprint density at radius 3 is 2.02 bits per heavy atom. The molecule has 0 aliphatic heterocycles. The van der Waals surface area contributed by atoms with E-state index in [1.54, 1.807) is 25.7 Å². The third-order valence-corrected chi connectivity index (χ3v) is 8.32. The lowest BCUT2D eigenvalue weighted by Gasteiger charge is -2.36. The summed E-state index contributed by atoms with van der Waals surface area (Å²) in [4.78, 5) is 43.7. The smallest absolute Gasteiger partial charge is 0.408 e. The fourth-order valence-electron chi connectivity index (χ4n) is 5.34. The molecule has 2 aromatic rings. The minimum absolute atomic E-state index is 0.177.